The summed E-state index contributed by atoms with van der Waals surface area (Å²) in [6.07, 6.45) is 4.16. The van der Waals surface area contributed by atoms with Crippen molar-refractivity contribution in [2.45, 2.75) is 31.3 Å². The highest BCUT2D eigenvalue weighted by Gasteiger charge is 2.27. The van der Waals surface area contributed by atoms with Gasteiger partial charge in [-0.25, -0.2) is 0 Å². The van der Waals surface area contributed by atoms with Crippen LogP contribution in [0.15, 0.2) is 0 Å². The molecule has 0 spiro atoms. The number of likely N-dealkylation sites (N-methyl/N-ethyl adjacent to an activating group) is 1. The lowest BCUT2D eigenvalue weighted by molar-refractivity contribution is 0.179. The predicted octanol–water partition coefficient (Wildman–Crippen LogP) is 0.442. The first-order valence-electron chi connectivity index (χ1n) is 4.30. The number of nitrogens with one attached hydrogen (secondary N) is 1. The Hall–Kier alpha value is -0.0800. The quantitative estimate of drug-likeness (QED) is 0.525. The van der Waals surface area contributed by atoms with E-state index in [0.717, 1.165) is 12.1 Å². The van der Waals surface area contributed by atoms with E-state index in [1.54, 1.807) is 0 Å². The first-order valence-corrected chi connectivity index (χ1v) is 4.30. The van der Waals surface area contributed by atoms with E-state index in [2.05, 4.69) is 17.3 Å². The minimum absolute atomic E-state index is 0.795. The summed E-state index contributed by atoms with van der Waals surface area (Å²) in [4.78, 5) is 2.51. The summed E-state index contributed by atoms with van der Waals surface area (Å²) >= 11 is 0. The van der Waals surface area contributed by atoms with E-state index in [0.29, 0.717) is 0 Å². The average Bonchev–Trinajstić information content (AvgIpc) is 2.20. The lowest BCUT2D eigenvalue weighted by atomic mass is 10.00. The van der Waals surface area contributed by atoms with Crippen LogP contribution >= 0.6 is 0 Å². The van der Waals surface area contributed by atoms with Gasteiger partial charge in [0.25, 0.3) is 0 Å². The van der Waals surface area contributed by atoms with Gasteiger partial charge < -0.3 is 10.2 Å². The van der Waals surface area contributed by atoms with Gasteiger partial charge >= 0.3 is 0 Å². The van der Waals surface area contributed by atoms with Crippen molar-refractivity contribution in [1.82, 2.24) is 10.2 Å². The van der Waals surface area contributed by atoms with Gasteiger partial charge in [-0.2, -0.15) is 0 Å². The maximum absolute atomic E-state index is 3.56. The number of hydrogen-bond acceptors (Lipinski definition) is 2. The second-order valence-electron chi connectivity index (χ2n) is 3.61. The Morgan fingerprint density at radius 3 is 3.00 bits per heavy atom. The van der Waals surface area contributed by atoms with Gasteiger partial charge in [-0.1, -0.05) is 0 Å². The Bertz CT molecular complexity index is 120. The van der Waals surface area contributed by atoms with Crippen molar-refractivity contribution in [3.8, 4) is 0 Å². The molecule has 0 aromatic rings. The van der Waals surface area contributed by atoms with Crippen LogP contribution in [0.5, 0.6) is 0 Å². The third kappa shape index (κ3) is 1.06. The number of piperidine rings is 1. The van der Waals surface area contributed by atoms with Gasteiger partial charge in [0.05, 0.1) is 0 Å². The van der Waals surface area contributed by atoms with E-state index in [9.17, 15) is 0 Å². The highest BCUT2D eigenvalue weighted by atomic mass is 15.2. The van der Waals surface area contributed by atoms with Crippen molar-refractivity contribution < 1.29 is 0 Å². The Morgan fingerprint density at radius 1 is 1.30 bits per heavy atom. The first-order chi connectivity index (χ1) is 4.86. The second kappa shape index (κ2) is 2.51. The largest absolute Gasteiger partial charge is 0.313 e. The summed E-state index contributed by atoms with van der Waals surface area (Å²) in [6.45, 7) is 2.50. The van der Waals surface area contributed by atoms with Crippen LogP contribution in [0.25, 0.3) is 0 Å². The van der Waals surface area contributed by atoms with Crippen molar-refractivity contribution in [3.63, 3.8) is 0 Å². The monoisotopic (exact) mass is 140 g/mol. The maximum Gasteiger partial charge on any atom is 0.0195 e. The standard InChI is InChI=1S/C8H16N2/c1-10-6-7-2-3-8(10)4-5-9-7/h7-9H,2-6H2,1H3. The molecule has 3 heterocycles. The van der Waals surface area contributed by atoms with Crippen LogP contribution in [-0.2, 0) is 0 Å². The van der Waals surface area contributed by atoms with Gasteiger partial charge in [0.1, 0.15) is 0 Å². The molecule has 1 N–H and O–H groups in total. The van der Waals surface area contributed by atoms with Gasteiger partial charge in [0.2, 0.25) is 0 Å². The molecule has 0 aromatic carbocycles. The zero-order valence-corrected chi connectivity index (χ0v) is 6.64. The Labute approximate surface area is 62.6 Å². The summed E-state index contributed by atoms with van der Waals surface area (Å²) in [5.41, 5.74) is 0. The molecule has 3 fully saturated rings. The highest BCUT2D eigenvalue weighted by molar-refractivity contribution is 4.87. The molecule has 3 aliphatic rings. The van der Waals surface area contributed by atoms with Crippen LogP contribution in [-0.4, -0.2) is 37.1 Å². The number of fused-ring (bicyclic) bond motifs is 4. The molecular weight excluding hydrogens is 124 g/mol. The van der Waals surface area contributed by atoms with E-state index in [1.807, 2.05) is 0 Å². The van der Waals surface area contributed by atoms with E-state index in [-0.39, 0.29) is 0 Å². The van der Waals surface area contributed by atoms with E-state index in [1.165, 1.54) is 32.4 Å². The Kier molecular flexibility index (Phi) is 1.66. The molecular formula is C8H16N2. The number of hydrogen-bond donors (Lipinski definition) is 1. The number of nitrogens with zero attached hydrogens (tertiary/aromatic N) is 1. The van der Waals surface area contributed by atoms with E-state index < -0.39 is 0 Å². The second-order valence-corrected chi connectivity index (χ2v) is 3.61. The average molecular weight is 140 g/mol. The highest BCUT2D eigenvalue weighted by Crippen LogP contribution is 2.20. The normalized spacial score (nSPS) is 41.7. The van der Waals surface area contributed by atoms with E-state index >= 15 is 0 Å². The van der Waals surface area contributed by atoms with Gasteiger partial charge in [-0.15, -0.1) is 0 Å². The molecule has 3 aliphatic heterocycles. The van der Waals surface area contributed by atoms with Crippen LogP contribution in [0.1, 0.15) is 19.3 Å². The van der Waals surface area contributed by atoms with Crippen LogP contribution in [0, 0.1) is 0 Å². The summed E-state index contributed by atoms with van der Waals surface area (Å²) in [7, 11) is 2.25. The van der Waals surface area contributed by atoms with Gasteiger partial charge in [-0.3, -0.25) is 0 Å². The molecule has 58 valence electrons. The fourth-order valence-electron chi connectivity index (χ4n) is 2.19. The van der Waals surface area contributed by atoms with Crippen LogP contribution in [0.3, 0.4) is 0 Å². The zero-order chi connectivity index (χ0) is 6.97. The molecule has 0 radical (unpaired) electrons. The van der Waals surface area contributed by atoms with E-state index in [4.69, 9.17) is 0 Å². The van der Waals surface area contributed by atoms with Crippen LogP contribution in [0.4, 0.5) is 0 Å². The molecule has 3 saturated heterocycles. The Morgan fingerprint density at radius 2 is 2.20 bits per heavy atom. The molecule has 10 heavy (non-hydrogen) atoms. The van der Waals surface area contributed by atoms with Crippen molar-refractivity contribution in [3.05, 3.63) is 0 Å². The Balaban J connectivity index is 2.07. The molecule has 2 bridgehead atoms. The maximum atomic E-state index is 3.56. The summed E-state index contributed by atoms with van der Waals surface area (Å²) in [6, 6.07) is 1.68. The van der Waals surface area contributed by atoms with Gasteiger partial charge in [-0.05, 0) is 32.9 Å². The summed E-state index contributed by atoms with van der Waals surface area (Å²) in [5, 5.41) is 3.56. The van der Waals surface area contributed by atoms with Crippen molar-refractivity contribution in [1.29, 1.82) is 0 Å². The summed E-state index contributed by atoms with van der Waals surface area (Å²) < 4.78 is 0. The molecule has 2 nitrogen and oxygen atoms in total. The molecule has 0 aliphatic carbocycles. The molecule has 2 heteroatoms. The molecule has 0 aromatic heterocycles. The van der Waals surface area contributed by atoms with Crippen LogP contribution < -0.4 is 5.32 Å². The third-order valence-electron chi connectivity index (χ3n) is 2.89. The molecule has 0 saturated carbocycles. The van der Waals surface area contributed by atoms with Gasteiger partial charge in [0, 0.05) is 18.6 Å². The zero-order valence-electron chi connectivity index (χ0n) is 6.64. The smallest absolute Gasteiger partial charge is 0.0195 e. The van der Waals surface area contributed by atoms with Crippen molar-refractivity contribution in [2.75, 3.05) is 20.1 Å². The molecule has 3 rings (SSSR count). The molecule has 0 amide bonds. The predicted molar refractivity (Wildman–Crippen MR) is 42.1 cm³/mol. The lowest BCUT2D eigenvalue weighted by Gasteiger charge is -2.32. The third-order valence-corrected chi connectivity index (χ3v) is 2.89. The van der Waals surface area contributed by atoms with Crippen LogP contribution in [0.2, 0.25) is 0 Å². The SMILES string of the molecule is CN1CC2CCC1CCN2. The van der Waals surface area contributed by atoms with Crippen molar-refractivity contribution >= 4 is 0 Å². The van der Waals surface area contributed by atoms with Gasteiger partial charge in [0.15, 0.2) is 0 Å². The fourth-order valence-corrected chi connectivity index (χ4v) is 2.19. The summed E-state index contributed by atoms with van der Waals surface area (Å²) in [5.74, 6) is 0. The molecule has 2 atom stereocenters. The lowest BCUT2D eigenvalue weighted by Crippen LogP contribution is -2.43. The number of rotatable bonds is 0. The topological polar surface area (TPSA) is 15.3 Å². The minimum atomic E-state index is 0.795. The molecule has 2 unspecified atom stereocenters. The van der Waals surface area contributed by atoms with Crippen molar-refractivity contribution in [2.24, 2.45) is 0 Å². The first kappa shape index (κ1) is 6.62. The minimum Gasteiger partial charge on any atom is -0.313 e. The fraction of sp³-hybridized carbons (Fsp3) is 1.00.